The van der Waals surface area contributed by atoms with E-state index in [1.165, 1.54) is 0 Å². The Morgan fingerprint density at radius 2 is 2.50 bits per heavy atom. The first-order valence-electron chi connectivity index (χ1n) is 3.72. The molecule has 0 radical (unpaired) electrons. The number of thioether (sulfide) groups is 1. The van der Waals surface area contributed by atoms with Crippen LogP contribution >= 0.6 is 23.1 Å². The van der Waals surface area contributed by atoms with E-state index in [1.54, 1.807) is 23.1 Å². The lowest BCUT2D eigenvalue weighted by Crippen LogP contribution is -1.97. The van der Waals surface area contributed by atoms with E-state index in [0.29, 0.717) is 6.54 Å². The Hall–Kier alpha value is -0.390. The van der Waals surface area contributed by atoms with Gasteiger partial charge >= 0.3 is 0 Å². The number of hydrogen-bond acceptors (Lipinski definition) is 5. The molecule has 3 nitrogen and oxygen atoms in total. The summed E-state index contributed by atoms with van der Waals surface area (Å²) in [6.07, 6.45) is 0. The summed E-state index contributed by atoms with van der Waals surface area (Å²) in [6.45, 7) is 1.46. The molecule has 64 valence electrons. The third-order valence-corrected chi connectivity index (χ3v) is 3.40. The highest BCUT2D eigenvalue weighted by Crippen LogP contribution is 2.20. The number of hydrogen-bond donors (Lipinski definition) is 1. The van der Waals surface area contributed by atoms with Crippen LogP contribution in [0.15, 0.2) is 10.4 Å². The fourth-order valence-electron chi connectivity index (χ4n) is 0.993. The van der Waals surface area contributed by atoms with Gasteiger partial charge in [-0.25, -0.2) is 4.98 Å². The Kier molecular flexibility index (Phi) is 2.43. The Morgan fingerprint density at radius 3 is 3.08 bits per heavy atom. The summed E-state index contributed by atoms with van der Waals surface area (Å²) in [6, 6.07) is 0. The van der Waals surface area contributed by atoms with Gasteiger partial charge in [-0.15, -0.1) is 23.1 Å². The average Bonchev–Trinajstić information content (AvgIpc) is 2.75. The monoisotopic (exact) mass is 199 g/mol. The topological polar surface area (TPSA) is 51.3 Å². The zero-order valence-electron chi connectivity index (χ0n) is 6.49. The van der Waals surface area contributed by atoms with Crippen molar-refractivity contribution in [2.75, 3.05) is 12.3 Å². The van der Waals surface area contributed by atoms with Crippen LogP contribution < -0.4 is 5.73 Å². The molecule has 2 N–H and O–H groups in total. The second kappa shape index (κ2) is 3.55. The van der Waals surface area contributed by atoms with E-state index in [1.807, 2.05) is 5.38 Å². The quantitative estimate of drug-likeness (QED) is 0.776. The standard InChI is InChI=1S/C7H9N3S2/c8-3-6-10-5(4-12-6)7-9-1-2-11-7/h4H,1-3,8H2. The molecule has 0 spiro atoms. The van der Waals surface area contributed by atoms with Gasteiger partial charge in [-0.3, -0.25) is 4.99 Å². The fraction of sp³-hybridized carbons (Fsp3) is 0.429. The molecule has 12 heavy (non-hydrogen) atoms. The third-order valence-electron chi connectivity index (χ3n) is 1.53. The maximum atomic E-state index is 5.46. The van der Waals surface area contributed by atoms with Crippen LogP contribution in [0.5, 0.6) is 0 Å². The SMILES string of the molecule is NCc1nc(C2=NCCS2)cs1. The summed E-state index contributed by atoms with van der Waals surface area (Å²) < 4.78 is 0. The molecule has 0 atom stereocenters. The summed E-state index contributed by atoms with van der Waals surface area (Å²) in [5, 5.41) is 4.09. The van der Waals surface area contributed by atoms with E-state index in [2.05, 4.69) is 9.98 Å². The van der Waals surface area contributed by atoms with Crippen molar-refractivity contribution in [2.24, 2.45) is 10.7 Å². The molecule has 2 rings (SSSR count). The third kappa shape index (κ3) is 1.53. The van der Waals surface area contributed by atoms with Gasteiger partial charge in [-0.1, -0.05) is 0 Å². The van der Waals surface area contributed by atoms with E-state index >= 15 is 0 Å². The molecule has 0 unspecified atom stereocenters. The van der Waals surface area contributed by atoms with E-state index in [0.717, 1.165) is 28.0 Å². The molecule has 0 bridgehead atoms. The molecular formula is C7H9N3S2. The van der Waals surface area contributed by atoms with Crippen molar-refractivity contribution in [2.45, 2.75) is 6.54 Å². The molecule has 1 aromatic rings. The molecule has 5 heteroatoms. The van der Waals surface area contributed by atoms with Crippen molar-refractivity contribution < 1.29 is 0 Å². The first-order valence-corrected chi connectivity index (χ1v) is 5.59. The molecule has 1 aliphatic rings. The number of aliphatic imine (C=N–C) groups is 1. The summed E-state index contributed by atoms with van der Waals surface area (Å²) >= 11 is 3.38. The minimum Gasteiger partial charge on any atom is -0.325 e. The van der Waals surface area contributed by atoms with Gasteiger partial charge in [0.05, 0.1) is 0 Å². The van der Waals surface area contributed by atoms with Crippen molar-refractivity contribution in [3.8, 4) is 0 Å². The van der Waals surface area contributed by atoms with Gasteiger partial charge in [0.25, 0.3) is 0 Å². The second-order valence-corrected chi connectivity index (χ2v) is 4.39. The van der Waals surface area contributed by atoms with Crippen LogP contribution in [-0.4, -0.2) is 22.3 Å². The van der Waals surface area contributed by atoms with E-state index < -0.39 is 0 Å². The largest absolute Gasteiger partial charge is 0.325 e. The molecule has 0 aliphatic carbocycles. The Bertz CT molecular complexity index is 305. The molecule has 1 aliphatic heterocycles. The summed E-state index contributed by atoms with van der Waals surface area (Å²) in [7, 11) is 0. The van der Waals surface area contributed by atoms with Crippen LogP contribution in [0.1, 0.15) is 10.7 Å². The smallest absolute Gasteiger partial charge is 0.117 e. The van der Waals surface area contributed by atoms with Crippen molar-refractivity contribution in [3.63, 3.8) is 0 Å². The van der Waals surface area contributed by atoms with E-state index in [-0.39, 0.29) is 0 Å². The lowest BCUT2D eigenvalue weighted by atomic mass is 10.5. The maximum Gasteiger partial charge on any atom is 0.117 e. The molecule has 0 saturated heterocycles. The van der Waals surface area contributed by atoms with Gasteiger partial charge in [0.2, 0.25) is 0 Å². The minimum absolute atomic E-state index is 0.530. The minimum atomic E-state index is 0.530. The number of nitrogens with zero attached hydrogens (tertiary/aromatic N) is 2. The molecular weight excluding hydrogens is 190 g/mol. The van der Waals surface area contributed by atoms with Crippen LogP contribution in [0.3, 0.4) is 0 Å². The molecule has 0 fully saturated rings. The first kappa shape index (κ1) is 8.22. The zero-order chi connectivity index (χ0) is 8.39. The number of nitrogens with two attached hydrogens (primary N) is 1. The lowest BCUT2D eigenvalue weighted by Gasteiger charge is -1.90. The zero-order valence-corrected chi connectivity index (χ0v) is 8.12. The summed E-state index contributed by atoms with van der Waals surface area (Å²) in [5.41, 5.74) is 6.47. The molecule has 2 heterocycles. The average molecular weight is 199 g/mol. The number of thiazole rings is 1. The van der Waals surface area contributed by atoms with Crippen molar-refractivity contribution in [1.29, 1.82) is 0 Å². The Labute approximate surface area is 79.1 Å². The number of aromatic nitrogens is 1. The van der Waals surface area contributed by atoms with Gasteiger partial charge < -0.3 is 5.73 Å². The van der Waals surface area contributed by atoms with Gasteiger partial charge in [0, 0.05) is 24.2 Å². The second-order valence-electron chi connectivity index (χ2n) is 2.37. The predicted octanol–water partition coefficient (Wildman–Crippen LogP) is 1.10. The van der Waals surface area contributed by atoms with Crippen molar-refractivity contribution in [1.82, 2.24) is 4.98 Å². The van der Waals surface area contributed by atoms with Crippen LogP contribution in [-0.2, 0) is 6.54 Å². The summed E-state index contributed by atoms with van der Waals surface area (Å²) in [4.78, 5) is 8.69. The Morgan fingerprint density at radius 1 is 1.58 bits per heavy atom. The first-order chi connectivity index (χ1) is 5.90. The lowest BCUT2D eigenvalue weighted by molar-refractivity contribution is 1.03. The molecule has 1 aromatic heterocycles. The molecule has 0 amide bonds. The van der Waals surface area contributed by atoms with Gasteiger partial charge in [0.15, 0.2) is 0 Å². The van der Waals surface area contributed by atoms with Crippen LogP contribution in [0, 0.1) is 0 Å². The van der Waals surface area contributed by atoms with Crippen LogP contribution in [0.2, 0.25) is 0 Å². The van der Waals surface area contributed by atoms with Gasteiger partial charge in [-0.2, -0.15) is 0 Å². The highest BCUT2D eigenvalue weighted by molar-refractivity contribution is 8.14. The summed E-state index contributed by atoms with van der Waals surface area (Å²) in [5.74, 6) is 1.09. The maximum absolute atomic E-state index is 5.46. The molecule has 0 aromatic carbocycles. The Balaban J connectivity index is 2.22. The highest BCUT2D eigenvalue weighted by atomic mass is 32.2. The van der Waals surface area contributed by atoms with Crippen LogP contribution in [0.4, 0.5) is 0 Å². The van der Waals surface area contributed by atoms with Crippen molar-refractivity contribution >= 4 is 28.1 Å². The van der Waals surface area contributed by atoms with Crippen molar-refractivity contribution in [3.05, 3.63) is 16.1 Å². The predicted molar refractivity (Wildman–Crippen MR) is 53.9 cm³/mol. The van der Waals surface area contributed by atoms with Gasteiger partial charge in [-0.05, 0) is 0 Å². The highest BCUT2D eigenvalue weighted by Gasteiger charge is 2.12. The van der Waals surface area contributed by atoms with Crippen LogP contribution in [0.25, 0.3) is 0 Å². The number of rotatable bonds is 2. The fourth-order valence-corrected chi connectivity index (χ4v) is 2.54. The van der Waals surface area contributed by atoms with E-state index in [9.17, 15) is 0 Å². The normalized spacial score (nSPS) is 16.6. The van der Waals surface area contributed by atoms with E-state index in [4.69, 9.17) is 5.73 Å². The van der Waals surface area contributed by atoms with Gasteiger partial charge in [0.1, 0.15) is 15.7 Å². The molecule has 0 saturated carbocycles.